The number of nitrogens with one attached hydrogen (secondary N) is 1. The summed E-state index contributed by atoms with van der Waals surface area (Å²) in [5, 5.41) is 3.43. The smallest absolute Gasteiger partial charge is 0.139 e. The van der Waals surface area contributed by atoms with E-state index in [-0.39, 0.29) is 5.82 Å². The zero-order valence-corrected chi connectivity index (χ0v) is 13.7. The molecule has 0 amide bonds. The van der Waals surface area contributed by atoms with E-state index in [1.807, 2.05) is 6.07 Å². The van der Waals surface area contributed by atoms with Gasteiger partial charge in [0.15, 0.2) is 0 Å². The van der Waals surface area contributed by atoms with E-state index < -0.39 is 0 Å². The van der Waals surface area contributed by atoms with Crippen molar-refractivity contribution in [1.29, 1.82) is 0 Å². The van der Waals surface area contributed by atoms with Gasteiger partial charge in [-0.25, -0.2) is 4.39 Å². The maximum atomic E-state index is 13.9. The Morgan fingerprint density at radius 3 is 2.50 bits per heavy atom. The predicted molar refractivity (Wildman–Crippen MR) is 84.8 cm³/mol. The number of hydrogen-bond acceptors (Lipinski definition) is 2. The van der Waals surface area contributed by atoms with Gasteiger partial charge in [-0.3, -0.25) is 0 Å². The quantitative estimate of drug-likeness (QED) is 0.875. The van der Waals surface area contributed by atoms with Crippen LogP contribution in [0.4, 0.5) is 10.1 Å². The summed E-state index contributed by atoms with van der Waals surface area (Å²) in [5.41, 5.74) is 2.26. The van der Waals surface area contributed by atoms with Crippen LogP contribution in [0.1, 0.15) is 37.7 Å². The largest absolute Gasteiger partial charge is 0.365 e. The maximum absolute atomic E-state index is 13.9. The molecule has 2 heterocycles. The molecule has 3 rings (SSSR count). The van der Waals surface area contributed by atoms with Crippen molar-refractivity contribution in [3.8, 4) is 0 Å². The molecule has 0 radical (unpaired) electrons. The average Bonchev–Trinajstić information content (AvgIpc) is 2.41. The van der Waals surface area contributed by atoms with E-state index in [9.17, 15) is 4.39 Å². The molecule has 2 atom stereocenters. The molecule has 4 heteroatoms. The fourth-order valence-corrected chi connectivity index (χ4v) is 4.38. The third-order valence-electron chi connectivity index (χ3n) is 4.90. The first-order chi connectivity index (χ1) is 9.60. The minimum Gasteiger partial charge on any atom is -0.365 e. The Morgan fingerprint density at radius 1 is 1.25 bits per heavy atom. The molecule has 2 nitrogen and oxygen atoms in total. The van der Waals surface area contributed by atoms with Crippen LogP contribution in [0, 0.1) is 12.7 Å². The summed E-state index contributed by atoms with van der Waals surface area (Å²) < 4.78 is 14.5. The summed E-state index contributed by atoms with van der Waals surface area (Å²) in [6.07, 6.45) is 6.10. The number of anilines is 1. The van der Waals surface area contributed by atoms with Gasteiger partial charge in [-0.2, -0.15) is 0 Å². The average molecular weight is 341 g/mol. The van der Waals surface area contributed by atoms with E-state index in [0.29, 0.717) is 22.6 Å². The number of piperidine rings is 2. The molecule has 0 saturated carbocycles. The highest BCUT2D eigenvalue weighted by Gasteiger charge is 2.38. The van der Waals surface area contributed by atoms with Gasteiger partial charge in [0.2, 0.25) is 0 Å². The van der Waals surface area contributed by atoms with Crippen LogP contribution in [0.3, 0.4) is 0 Å². The van der Waals surface area contributed by atoms with Crippen molar-refractivity contribution in [3.63, 3.8) is 0 Å². The van der Waals surface area contributed by atoms with Crippen molar-refractivity contribution >= 4 is 21.6 Å². The van der Waals surface area contributed by atoms with Gasteiger partial charge in [0.25, 0.3) is 0 Å². The SMILES string of the molecule is CNC1CC2CCCC(C1)N2c1cc(F)c(Br)cc1C. The van der Waals surface area contributed by atoms with E-state index in [2.05, 4.69) is 40.1 Å². The molecule has 0 spiro atoms. The maximum Gasteiger partial charge on any atom is 0.139 e. The summed E-state index contributed by atoms with van der Waals surface area (Å²) in [5.74, 6) is -0.153. The second kappa shape index (κ2) is 5.64. The molecule has 20 heavy (non-hydrogen) atoms. The molecule has 2 bridgehead atoms. The monoisotopic (exact) mass is 340 g/mol. The zero-order chi connectivity index (χ0) is 14.3. The summed E-state index contributed by atoms with van der Waals surface area (Å²) in [4.78, 5) is 2.50. The first-order valence-electron chi connectivity index (χ1n) is 7.51. The van der Waals surface area contributed by atoms with Crippen LogP contribution in [-0.4, -0.2) is 25.2 Å². The Kier molecular flexibility index (Phi) is 4.04. The third-order valence-corrected chi connectivity index (χ3v) is 5.51. The van der Waals surface area contributed by atoms with Gasteiger partial charge >= 0.3 is 0 Å². The highest BCUT2D eigenvalue weighted by atomic mass is 79.9. The van der Waals surface area contributed by atoms with Crippen molar-refractivity contribution < 1.29 is 4.39 Å². The Balaban J connectivity index is 1.95. The second-order valence-electron chi connectivity index (χ2n) is 6.16. The lowest BCUT2D eigenvalue weighted by Gasteiger charge is -2.50. The molecular weight excluding hydrogens is 319 g/mol. The standard InChI is InChI=1S/C16H22BrFN2/c1-10-6-14(17)15(18)9-16(10)20-12-4-3-5-13(20)8-11(7-12)19-2/h6,9,11-13,19H,3-5,7-8H2,1-2H3. The normalized spacial score (nSPS) is 29.6. The summed E-state index contributed by atoms with van der Waals surface area (Å²) in [6, 6.07) is 5.34. The Morgan fingerprint density at radius 2 is 1.90 bits per heavy atom. The van der Waals surface area contributed by atoms with Crippen molar-refractivity contribution in [1.82, 2.24) is 5.32 Å². The van der Waals surface area contributed by atoms with Crippen LogP contribution in [0.15, 0.2) is 16.6 Å². The highest BCUT2D eigenvalue weighted by Crippen LogP contribution is 2.40. The fraction of sp³-hybridized carbons (Fsp3) is 0.625. The molecule has 2 saturated heterocycles. The number of rotatable bonds is 2. The molecule has 1 N–H and O–H groups in total. The zero-order valence-electron chi connectivity index (χ0n) is 12.1. The molecule has 2 fully saturated rings. The van der Waals surface area contributed by atoms with Crippen LogP contribution in [0.5, 0.6) is 0 Å². The molecule has 2 aliphatic rings. The number of benzene rings is 1. The van der Waals surface area contributed by atoms with Gasteiger partial charge in [-0.1, -0.05) is 0 Å². The van der Waals surface area contributed by atoms with E-state index >= 15 is 0 Å². The lowest BCUT2D eigenvalue weighted by atomic mass is 9.81. The van der Waals surface area contributed by atoms with Crippen LogP contribution >= 0.6 is 15.9 Å². The number of hydrogen-bond donors (Lipinski definition) is 1. The van der Waals surface area contributed by atoms with Crippen molar-refractivity contribution in [2.24, 2.45) is 0 Å². The van der Waals surface area contributed by atoms with Crippen LogP contribution in [-0.2, 0) is 0 Å². The van der Waals surface area contributed by atoms with E-state index in [0.717, 1.165) is 11.3 Å². The topological polar surface area (TPSA) is 15.3 Å². The van der Waals surface area contributed by atoms with E-state index in [1.54, 1.807) is 6.07 Å². The molecule has 1 aromatic carbocycles. The second-order valence-corrected chi connectivity index (χ2v) is 7.01. The van der Waals surface area contributed by atoms with Gasteiger partial charge in [0.1, 0.15) is 5.82 Å². The number of fused-ring (bicyclic) bond motifs is 2. The number of halogens is 2. The molecule has 0 aliphatic carbocycles. The van der Waals surface area contributed by atoms with E-state index in [1.165, 1.54) is 32.1 Å². The Bertz CT molecular complexity index is 491. The molecule has 0 aromatic heterocycles. The van der Waals surface area contributed by atoms with Gasteiger partial charge < -0.3 is 10.2 Å². The van der Waals surface area contributed by atoms with Crippen molar-refractivity contribution in [2.75, 3.05) is 11.9 Å². The van der Waals surface area contributed by atoms with Gasteiger partial charge in [-0.15, -0.1) is 0 Å². The molecular formula is C16H22BrFN2. The first kappa shape index (κ1) is 14.3. The lowest BCUT2D eigenvalue weighted by Crippen LogP contribution is -2.56. The Labute approximate surface area is 128 Å². The molecule has 2 aliphatic heterocycles. The molecule has 2 unspecified atom stereocenters. The van der Waals surface area contributed by atoms with E-state index in [4.69, 9.17) is 0 Å². The molecule has 1 aromatic rings. The van der Waals surface area contributed by atoms with Crippen molar-refractivity contribution in [2.45, 2.75) is 57.2 Å². The minimum atomic E-state index is -0.153. The third kappa shape index (κ3) is 2.48. The predicted octanol–water partition coefficient (Wildman–Crippen LogP) is 4.01. The van der Waals surface area contributed by atoms with Crippen LogP contribution in [0.25, 0.3) is 0 Å². The van der Waals surface area contributed by atoms with Gasteiger partial charge in [0, 0.05) is 23.8 Å². The number of nitrogens with zero attached hydrogens (tertiary/aromatic N) is 1. The molecule has 110 valence electrons. The van der Waals surface area contributed by atoms with Crippen LogP contribution in [0.2, 0.25) is 0 Å². The van der Waals surface area contributed by atoms with Gasteiger partial charge in [0.05, 0.1) is 4.47 Å². The number of aryl methyl sites for hydroxylation is 1. The lowest BCUT2D eigenvalue weighted by molar-refractivity contribution is 0.252. The summed E-state index contributed by atoms with van der Waals surface area (Å²) >= 11 is 3.28. The summed E-state index contributed by atoms with van der Waals surface area (Å²) in [6.45, 7) is 2.08. The highest BCUT2D eigenvalue weighted by molar-refractivity contribution is 9.10. The summed E-state index contributed by atoms with van der Waals surface area (Å²) in [7, 11) is 2.06. The Hall–Kier alpha value is -0.610. The first-order valence-corrected chi connectivity index (χ1v) is 8.30. The van der Waals surface area contributed by atoms with Gasteiger partial charge in [-0.05, 0) is 79.7 Å². The minimum absolute atomic E-state index is 0.153. The fourth-order valence-electron chi connectivity index (χ4n) is 3.92. The van der Waals surface area contributed by atoms with Crippen molar-refractivity contribution in [3.05, 3.63) is 28.0 Å². The van der Waals surface area contributed by atoms with Crippen LogP contribution < -0.4 is 10.2 Å².